The zero-order valence-corrected chi connectivity index (χ0v) is 13.2. The number of thiazole rings is 1. The molecule has 108 valence electrons. The predicted octanol–water partition coefficient (Wildman–Crippen LogP) is 3.11. The third-order valence-corrected chi connectivity index (χ3v) is 4.51. The third-order valence-electron chi connectivity index (χ3n) is 2.91. The van der Waals surface area contributed by atoms with Crippen molar-refractivity contribution in [2.75, 3.05) is 0 Å². The second-order valence-corrected chi connectivity index (χ2v) is 6.27. The molecule has 0 amide bonds. The Balaban J connectivity index is 2.16. The van der Waals surface area contributed by atoms with Crippen molar-refractivity contribution >= 4 is 27.3 Å². The highest BCUT2D eigenvalue weighted by molar-refractivity contribution is 9.10. The second-order valence-electron chi connectivity index (χ2n) is 4.48. The third kappa shape index (κ3) is 3.60. The minimum atomic E-state index is -0.583. The fraction of sp³-hybridized carbons (Fsp3) is 0.308. The summed E-state index contributed by atoms with van der Waals surface area (Å²) in [4.78, 5) is 4.33. The molecule has 0 saturated carbocycles. The van der Waals surface area contributed by atoms with Gasteiger partial charge in [-0.1, -0.05) is 0 Å². The van der Waals surface area contributed by atoms with Crippen LogP contribution in [0.4, 0.5) is 8.78 Å². The van der Waals surface area contributed by atoms with Crippen LogP contribution in [-0.2, 0) is 12.8 Å². The molecule has 1 atom stereocenters. The van der Waals surface area contributed by atoms with Crippen molar-refractivity contribution in [3.63, 3.8) is 0 Å². The number of nitrogens with two attached hydrogens (primary N) is 1. The molecule has 2 aromatic rings. The number of benzene rings is 1. The second kappa shape index (κ2) is 6.71. The molecule has 1 aromatic heterocycles. The van der Waals surface area contributed by atoms with Crippen LogP contribution < -0.4 is 11.3 Å². The van der Waals surface area contributed by atoms with Gasteiger partial charge in [-0.25, -0.2) is 13.8 Å². The highest BCUT2D eigenvalue weighted by Crippen LogP contribution is 2.23. The number of hydrogen-bond acceptors (Lipinski definition) is 4. The number of nitrogens with one attached hydrogen (secondary N) is 1. The van der Waals surface area contributed by atoms with Gasteiger partial charge in [-0.05, 0) is 41.4 Å². The van der Waals surface area contributed by atoms with E-state index in [-0.39, 0.29) is 22.5 Å². The Hall–Kier alpha value is -0.890. The lowest BCUT2D eigenvalue weighted by atomic mass is 10.0. The lowest BCUT2D eigenvalue weighted by Crippen LogP contribution is -2.38. The van der Waals surface area contributed by atoms with Crippen LogP contribution in [0.2, 0.25) is 0 Å². The Bertz CT molecular complexity index is 603. The summed E-state index contributed by atoms with van der Waals surface area (Å²) in [5.41, 5.74) is 3.56. The van der Waals surface area contributed by atoms with Crippen LogP contribution >= 0.6 is 27.3 Å². The molecule has 1 aromatic carbocycles. The van der Waals surface area contributed by atoms with E-state index in [0.717, 1.165) is 10.7 Å². The van der Waals surface area contributed by atoms with Crippen molar-refractivity contribution < 1.29 is 8.78 Å². The number of aromatic nitrogens is 1. The van der Waals surface area contributed by atoms with E-state index < -0.39 is 11.6 Å². The molecule has 7 heteroatoms. The summed E-state index contributed by atoms with van der Waals surface area (Å²) in [6, 6.07) is 2.31. The fourth-order valence-corrected chi connectivity index (χ4v) is 3.12. The molecule has 2 rings (SSSR count). The van der Waals surface area contributed by atoms with Gasteiger partial charge < -0.3 is 0 Å². The molecule has 1 unspecified atom stereocenters. The van der Waals surface area contributed by atoms with Crippen molar-refractivity contribution in [3.8, 4) is 0 Å². The molecular formula is C13H14BrF2N3S. The van der Waals surface area contributed by atoms with Gasteiger partial charge >= 0.3 is 0 Å². The molecule has 0 fully saturated rings. The van der Waals surface area contributed by atoms with Gasteiger partial charge in [-0.2, -0.15) is 0 Å². The van der Waals surface area contributed by atoms with E-state index in [4.69, 9.17) is 5.84 Å². The number of hydrazine groups is 1. The predicted molar refractivity (Wildman–Crippen MR) is 79.4 cm³/mol. The Kier molecular flexibility index (Phi) is 5.20. The maximum atomic E-state index is 13.9. The Morgan fingerprint density at radius 2 is 2.15 bits per heavy atom. The average Bonchev–Trinajstić information content (AvgIpc) is 2.83. The van der Waals surface area contributed by atoms with Crippen LogP contribution in [0.15, 0.2) is 22.0 Å². The van der Waals surface area contributed by atoms with Crippen LogP contribution in [0, 0.1) is 18.6 Å². The monoisotopic (exact) mass is 361 g/mol. The molecule has 0 aliphatic carbocycles. The molecule has 0 saturated heterocycles. The molecule has 3 N–H and O–H groups in total. The van der Waals surface area contributed by atoms with E-state index in [2.05, 4.69) is 26.3 Å². The lowest BCUT2D eigenvalue weighted by Gasteiger charge is -2.16. The lowest BCUT2D eigenvalue weighted by molar-refractivity contribution is 0.482. The van der Waals surface area contributed by atoms with E-state index in [1.54, 1.807) is 0 Å². The maximum Gasteiger partial charge on any atom is 0.143 e. The van der Waals surface area contributed by atoms with Crippen LogP contribution in [0.25, 0.3) is 0 Å². The molecule has 0 aliphatic rings. The molecule has 3 nitrogen and oxygen atoms in total. The van der Waals surface area contributed by atoms with Crippen LogP contribution in [-0.4, -0.2) is 11.0 Å². The molecule has 1 heterocycles. The summed E-state index contributed by atoms with van der Waals surface area (Å²) in [5.74, 6) is 4.33. The quantitative estimate of drug-likeness (QED) is 0.488. The first-order valence-corrected chi connectivity index (χ1v) is 7.68. The molecule has 0 aliphatic heterocycles. The van der Waals surface area contributed by atoms with Crippen molar-refractivity contribution in [2.24, 2.45) is 5.84 Å². The summed E-state index contributed by atoms with van der Waals surface area (Å²) in [7, 11) is 0. The SMILES string of the molecule is Cc1csc(CC(Cc2c(F)ccc(Br)c2F)NN)n1. The smallest absolute Gasteiger partial charge is 0.143 e. The van der Waals surface area contributed by atoms with Gasteiger partial charge in [-0.15, -0.1) is 11.3 Å². The van der Waals surface area contributed by atoms with Gasteiger partial charge in [0.1, 0.15) is 11.6 Å². The van der Waals surface area contributed by atoms with E-state index in [1.807, 2.05) is 12.3 Å². The number of halogens is 3. The first kappa shape index (κ1) is 15.5. The van der Waals surface area contributed by atoms with Gasteiger partial charge in [0.2, 0.25) is 0 Å². The standard InChI is InChI=1S/C13H14BrF2N3S/c1-7-6-20-12(18-7)5-8(19-17)4-9-11(15)3-2-10(14)13(9)16/h2-3,6,8,19H,4-5,17H2,1H3. The van der Waals surface area contributed by atoms with Crippen LogP contribution in [0.5, 0.6) is 0 Å². The van der Waals surface area contributed by atoms with Gasteiger partial charge in [0.15, 0.2) is 0 Å². The molecule has 0 radical (unpaired) electrons. The largest absolute Gasteiger partial charge is 0.271 e. The summed E-state index contributed by atoms with van der Waals surface area (Å²) in [6.07, 6.45) is 0.687. The minimum Gasteiger partial charge on any atom is -0.271 e. The first-order valence-electron chi connectivity index (χ1n) is 6.00. The van der Waals surface area contributed by atoms with E-state index >= 15 is 0 Å². The highest BCUT2D eigenvalue weighted by Gasteiger charge is 2.18. The minimum absolute atomic E-state index is 0.0237. The highest BCUT2D eigenvalue weighted by atomic mass is 79.9. The number of aryl methyl sites for hydroxylation is 1. The summed E-state index contributed by atoms with van der Waals surface area (Å²) in [5, 5.41) is 2.82. The zero-order chi connectivity index (χ0) is 14.7. The van der Waals surface area contributed by atoms with Crippen LogP contribution in [0.3, 0.4) is 0 Å². The molecule has 20 heavy (non-hydrogen) atoms. The number of rotatable bonds is 5. The average molecular weight is 362 g/mol. The van der Waals surface area contributed by atoms with Gasteiger partial charge in [0.05, 0.1) is 9.48 Å². The molecular weight excluding hydrogens is 348 g/mol. The summed E-state index contributed by atoms with van der Waals surface area (Å²) >= 11 is 4.57. The van der Waals surface area contributed by atoms with E-state index in [9.17, 15) is 8.78 Å². The number of nitrogens with zero attached hydrogens (tertiary/aromatic N) is 1. The summed E-state index contributed by atoms with van der Waals surface area (Å²) in [6.45, 7) is 1.90. The molecule has 0 spiro atoms. The Morgan fingerprint density at radius 1 is 1.40 bits per heavy atom. The fourth-order valence-electron chi connectivity index (χ4n) is 1.90. The van der Waals surface area contributed by atoms with Crippen molar-refractivity contribution in [2.45, 2.75) is 25.8 Å². The van der Waals surface area contributed by atoms with E-state index in [1.165, 1.54) is 23.5 Å². The normalized spacial score (nSPS) is 12.7. The topological polar surface area (TPSA) is 50.9 Å². The van der Waals surface area contributed by atoms with Crippen molar-refractivity contribution in [3.05, 3.63) is 49.9 Å². The number of hydrogen-bond donors (Lipinski definition) is 2. The molecule has 0 bridgehead atoms. The van der Waals surface area contributed by atoms with Gasteiger partial charge in [0.25, 0.3) is 0 Å². The Morgan fingerprint density at radius 3 is 2.75 bits per heavy atom. The first-order chi connectivity index (χ1) is 9.51. The Labute approximate surface area is 128 Å². The van der Waals surface area contributed by atoms with Gasteiger partial charge in [-0.3, -0.25) is 11.3 Å². The maximum absolute atomic E-state index is 13.9. The van der Waals surface area contributed by atoms with Crippen molar-refractivity contribution in [1.29, 1.82) is 0 Å². The zero-order valence-electron chi connectivity index (χ0n) is 10.8. The summed E-state index contributed by atoms with van der Waals surface area (Å²) < 4.78 is 27.9. The van der Waals surface area contributed by atoms with Gasteiger partial charge in [0, 0.05) is 29.1 Å². The van der Waals surface area contributed by atoms with Crippen molar-refractivity contribution in [1.82, 2.24) is 10.4 Å². The van der Waals surface area contributed by atoms with E-state index in [0.29, 0.717) is 6.42 Å². The van der Waals surface area contributed by atoms with Crippen LogP contribution in [0.1, 0.15) is 16.3 Å².